The van der Waals surface area contributed by atoms with Gasteiger partial charge < -0.3 is 15.2 Å². The fourth-order valence-corrected chi connectivity index (χ4v) is 4.30. The van der Waals surface area contributed by atoms with E-state index in [-0.39, 0.29) is 11.8 Å². The molecule has 1 aliphatic heterocycles. The number of nitrogens with zero attached hydrogens (tertiary/aromatic N) is 1. The molecule has 2 aromatic rings. The Hall–Kier alpha value is -2.30. The van der Waals surface area contributed by atoms with Crippen molar-refractivity contribution in [1.82, 2.24) is 15.2 Å². The number of carbonyl (C=O) groups excluding carboxylic acids is 2. The molecule has 2 N–H and O–H groups in total. The van der Waals surface area contributed by atoms with Crippen LogP contribution in [0.2, 0.25) is 0 Å². The van der Waals surface area contributed by atoms with Crippen molar-refractivity contribution in [3.63, 3.8) is 0 Å². The van der Waals surface area contributed by atoms with Gasteiger partial charge in [-0.1, -0.05) is 12.1 Å². The molecule has 0 bridgehead atoms. The first-order valence-corrected chi connectivity index (χ1v) is 9.92. The van der Waals surface area contributed by atoms with Gasteiger partial charge in [0.05, 0.1) is 11.1 Å². The molecule has 1 aromatic heterocycles. The van der Waals surface area contributed by atoms with E-state index in [0.29, 0.717) is 18.5 Å². The SMILES string of the molecule is O=C(NCCC(=O)N1CCCCC1)c1cccc2c3c([nH]c12)CCCC3. The van der Waals surface area contributed by atoms with Crippen molar-refractivity contribution in [2.45, 2.75) is 51.4 Å². The van der Waals surface area contributed by atoms with Crippen LogP contribution in [0.5, 0.6) is 0 Å². The predicted molar refractivity (Wildman–Crippen MR) is 102 cm³/mol. The van der Waals surface area contributed by atoms with Crippen molar-refractivity contribution < 1.29 is 9.59 Å². The maximum Gasteiger partial charge on any atom is 0.253 e. The topological polar surface area (TPSA) is 65.2 Å². The van der Waals surface area contributed by atoms with Gasteiger partial charge in [0.25, 0.3) is 5.91 Å². The minimum absolute atomic E-state index is 0.0966. The third kappa shape index (κ3) is 3.35. The Morgan fingerprint density at radius 2 is 1.85 bits per heavy atom. The Morgan fingerprint density at radius 3 is 2.69 bits per heavy atom. The standard InChI is InChI=1S/C21H27N3O2/c25-19(24-13-4-1-5-14-24)11-12-22-21(26)17-9-6-8-16-15-7-2-3-10-18(15)23-20(16)17/h6,8-9,23H,1-5,7,10-14H2,(H,22,26). The molecule has 4 rings (SSSR count). The van der Waals surface area contributed by atoms with E-state index in [2.05, 4.69) is 16.4 Å². The van der Waals surface area contributed by atoms with Crippen molar-refractivity contribution in [2.24, 2.45) is 0 Å². The summed E-state index contributed by atoms with van der Waals surface area (Å²) in [6, 6.07) is 5.93. The molecule has 1 aliphatic carbocycles. The fraction of sp³-hybridized carbons (Fsp3) is 0.524. The number of hydrogen-bond donors (Lipinski definition) is 2. The van der Waals surface area contributed by atoms with E-state index >= 15 is 0 Å². The van der Waals surface area contributed by atoms with Gasteiger partial charge in [0, 0.05) is 37.1 Å². The average Bonchev–Trinajstić information content (AvgIpc) is 3.07. The van der Waals surface area contributed by atoms with Crippen LogP contribution in [0.3, 0.4) is 0 Å². The molecule has 0 radical (unpaired) electrons. The predicted octanol–water partition coefficient (Wildman–Crippen LogP) is 3.18. The van der Waals surface area contributed by atoms with Crippen LogP contribution in [0, 0.1) is 0 Å². The Kier molecular flexibility index (Phi) is 4.96. The van der Waals surface area contributed by atoms with Gasteiger partial charge in [-0.3, -0.25) is 9.59 Å². The molecular formula is C21H27N3O2. The number of rotatable bonds is 4. The average molecular weight is 353 g/mol. The molecule has 26 heavy (non-hydrogen) atoms. The van der Waals surface area contributed by atoms with Crippen LogP contribution < -0.4 is 5.32 Å². The number of aromatic nitrogens is 1. The van der Waals surface area contributed by atoms with Crippen LogP contribution in [0.1, 0.15) is 60.1 Å². The summed E-state index contributed by atoms with van der Waals surface area (Å²) < 4.78 is 0. The third-order valence-corrected chi connectivity index (χ3v) is 5.71. The molecule has 2 amide bonds. The highest BCUT2D eigenvalue weighted by Crippen LogP contribution is 2.30. The number of aromatic amines is 1. The highest BCUT2D eigenvalue weighted by Gasteiger charge is 2.20. The first-order valence-electron chi connectivity index (χ1n) is 9.92. The number of likely N-dealkylation sites (tertiary alicyclic amines) is 1. The number of carbonyl (C=O) groups is 2. The minimum Gasteiger partial charge on any atom is -0.358 e. The molecule has 1 saturated heterocycles. The van der Waals surface area contributed by atoms with Gasteiger partial charge in [0.15, 0.2) is 0 Å². The van der Waals surface area contributed by atoms with Gasteiger partial charge >= 0.3 is 0 Å². The first kappa shape index (κ1) is 17.1. The number of nitrogens with one attached hydrogen (secondary N) is 2. The lowest BCUT2D eigenvalue weighted by Gasteiger charge is -2.26. The van der Waals surface area contributed by atoms with Crippen molar-refractivity contribution in [3.05, 3.63) is 35.0 Å². The Bertz CT molecular complexity index is 818. The summed E-state index contributed by atoms with van der Waals surface area (Å²) >= 11 is 0. The van der Waals surface area contributed by atoms with Gasteiger partial charge in [0.1, 0.15) is 0 Å². The highest BCUT2D eigenvalue weighted by molar-refractivity contribution is 6.06. The monoisotopic (exact) mass is 353 g/mol. The van der Waals surface area contributed by atoms with E-state index in [1.165, 1.54) is 35.9 Å². The van der Waals surface area contributed by atoms with Crippen LogP contribution in [0.25, 0.3) is 10.9 Å². The lowest BCUT2D eigenvalue weighted by Crippen LogP contribution is -2.37. The van der Waals surface area contributed by atoms with Gasteiger partial charge in [-0.2, -0.15) is 0 Å². The largest absolute Gasteiger partial charge is 0.358 e. The quantitative estimate of drug-likeness (QED) is 0.887. The molecule has 2 heterocycles. The first-order chi connectivity index (χ1) is 12.7. The molecule has 0 saturated carbocycles. The molecule has 2 aliphatic rings. The zero-order chi connectivity index (χ0) is 17.9. The molecule has 0 unspecified atom stereocenters. The summed E-state index contributed by atoms with van der Waals surface area (Å²) in [6.07, 6.45) is 8.36. The van der Waals surface area contributed by atoms with Gasteiger partial charge in [-0.25, -0.2) is 0 Å². The van der Waals surface area contributed by atoms with Crippen LogP contribution in [0.4, 0.5) is 0 Å². The number of aryl methyl sites for hydroxylation is 2. The van der Waals surface area contributed by atoms with Crippen LogP contribution in [-0.4, -0.2) is 41.3 Å². The molecule has 1 aromatic carbocycles. The molecule has 5 heteroatoms. The second-order valence-electron chi connectivity index (χ2n) is 7.46. The normalized spacial score (nSPS) is 17.2. The Balaban J connectivity index is 1.42. The number of benzene rings is 1. The van der Waals surface area contributed by atoms with Gasteiger partial charge in [0.2, 0.25) is 5.91 Å². The minimum atomic E-state index is -0.0966. The summed E-state index contributed by atoms with van der Waals surface area (Å²) in [5, 5.41) is 4.11. The maximum absolute atomic E-state index is 12.7. The number of para-hydroxylation sites is 1. The lowest BCUT2D eigenvalue weighted by atomic mass is 9.95. The van der Waals surface area contributed by atoms with Crippen molar-refractivity contribution >= 4 is 22.7 Å². The summed E-state index contributed by atoms with van der Waals surface area (Å²) in [6.45, 7) is 2.12. The smallest absolute Gasteiger partial charge is 0.253 e. The molecule has 138 valence electrons. The van der Waals surface area contributed by atoms with E-state index < -0.39 is 0 Å². The zero-order valence-electron chi connectivity index (χ0n) is 15.3. The third-order valence-electron chi connectivity index (χ3n) is 5.71. The summed E-state index contributed by atoms with van der Waals surface area (Å²) in [4.78, 5) is 30.3. The molecule has 5 nitrogen and oxygen atoms in total. The van der Waals surface area contributed by atoms with Gasteiger partial charge in [-0.15, -0.1) is 0 Å². The van der Waals surface area contributed by atoms with E-state index in [9.17, 15) is 9.59 Å². The number of piperidine rings is 1. The van der Waals surface area contributed by atoms with E-state index in [4.69, 9.17) is 0 Å². The number of amides is 2. The van der Waals surface area contributed by atoms with E-state index in [1.807, 2.05) is 17.0 Å². The molecule has 1 fully saturated rings. The van der Waals surface area contributed by atoms with Crippen LogP contribution >= 0.6 is 0 Å². The second kappa shape index (κ2) is 7.52. The molecular weight excluding hydrogens is 326 g/mol. The van der Waals surface area contributed by atoms with E-state index in [1.54, 1.807) is 0 Å². The summed E-state index contributed by atoms with van der Waals surface area (Å²) in [5.41, 5.74) is 4.29. The number of fused-ring (bicyclic) bond motifs is 3. The van der Waals surface area contributed by atoms with Gasteiger partial charge in [-0.05, 0) is 56.6 Å². The van der Waals surface area contributed by atoms with Crippen molar-refractivity contribution in [3.8, 4) is 0 Å². The highest BCUT2D eigenvalue weighted by atomic mass is 16.2. The van der Waals surface area contributed by atoms with E-state index in [0.717, 1.165) is 44.3 Å². The van der Waals surface area contributed by atoms with Crippen molar-refractivity contribution in [2.75, 3.05) is 19.6 Å². The van der Waals surface area contributed by atoms with Crippen LogP contribution in [0.15, 0.2) is 18.2 Å². The molecule has 0 spiro atoms. The van der Waals surface area contributed by atoms with Crippen molar-refractivity contribution in [1.29, 1.82) is 0 Å². The molecule has 0 atom stereocenters. The zero-order valence-corrected chi connectivity index (χ0v) is 15.3. The summed E-state index contributed by atoms with van der Waals surface area (Å²) in [5.74, 6) is 0.0548. The lowest BCUT2D eigenvalue weighted by molar-refractivity contribution is -0.131. The fourth-order valence-electron chi connectivity index (χ4n) is 4.30. The Morgan fingerprint density at radius 1 is 1.04 bits per heavy atom. The number of hydrogen-bond acceptors (Lipinski definition) is 2. The number of H-pyrrole nitrogens is 1. The maximum atomic E-state index is 12.7. The van der Waals surface area contributed by atoms with Crippen LogP contribution in [-0.2, 0) is 17.6 Å². The summed E-state index contributed by atoms with van der Waals surface area (Å²) in [7, 11) is 0. The Labute approximate surface area is 154 Å². The second-order valence-corrected chi connectivity index (χ2v) is 7.46.